The molecule has 0 saturated carbocycles. The van der Waals surface area contributed by atoms with Gasteiger partial charge in [-0.1, -0.05) is 97.7 Å². The molecule has 0 heteroatoms. The lowest BCUT2D eigenvalue weighted by atomic mass is 9.78. The third kappa shape index (κ3) is 4.78. The van der Waals surface area contributed by atoms with Gasteiger partial charge in [0.15, 0.2) is 0 Å². The number of rotatable bonds is 8. The molecule has 0 saturated heterocycles. The SMILES string of the molecule is CCC(CC1=C(C)[CH]c2cc(C(C)C)cc(C(C)C)c21)C1=C(C)[CH]c2cc(C(C)C)cc(C(C)C)c21. The van der Waals surface area contributed by atoms with Crippen LogP contribution in [0.4, 0.5) is 0 Å². The van der Waals surface area contributed by atoms with Crippen LogP contribution >= 0.6 is 0 Å². The van der Waals surface area contributed by atoms with E-state index in [1.165, 1.54) is 50.1 Å². The summed E-state index contributed by atoms with van der Waals surface area (Å²) in [4.78, 5) is 0. The summed E-state index contributed by atoms with van der Waals surface area (Å²) in [5.41, 5.74) is 18.1. The Bertz CT molecular complexity index is 1210. The van der Waals surface area contributed by atoms with Crippen molar-refractivity contribution in [2.24, 2.45) is 5.92 Å². The van der Waals surface area contributed by atoms with Gasteiger partial charge >= 0.3 is 0 Å². The van der Waals surface area contributed by atoms with Crippen LogP contribution < -0.4 is 0 Å². The van der Waals surface area contributed by atoms with Gasteiger partial charge in [0, 0.05) is 12.8 Å². The van der Waals surface area contributed by atoms with E-state index in [1.807, 2.05) is 0 Å². The fourth-order valence-corrected chi connectivity index (χ4v) is 6.40. The average molecular weight is 481 g/mol. The van der Waals surface area contributed by atoms with E-state index in [4.69, 9.17) is 0 Å². The van der Waals surface area contributed by atoms with Gasteiger partial charge in [0.05, 0.1) is 0 Å². The fraction of sp³-hybridized carbons (Fsp3) is 0.500. The molecule has 0 fully saturated rings. The first kappa shape index (κ1) is 27.0. The summed E-state index contributed by atoms with van der Waals surface area (Å²) in [5, 5.41) is 0. The van der Waals surface area contributed by atoms with Crippen molar-refractivity contribution in [1.82, 2.24) is 0 Å². The molecule has 192 valence electrons. The standard InChI is InChI=1S/C36H48/c1-12-26(34-25(11)14-30-16-28(21(4)5)19-32(23(8)9)36(30)34)17-33-24(10)13-29-15-27(20(2)3)18-31(22(6)7)35(29)33/h13-16,18-23,26H,12,17H2,1-11H3. The number of benzene rings is 2. The van der Waals surface area contributed by atoms with Crippen LogP contribution in [0.25, 0.3) is 11.1 Å². The first-order chi connectivity index (χ1) is 16.9. The third-order valence-corrected chi connectivity index (χ3v) is 8.59. The Balaban J connectivity index is 1.79. The van der Waals surface area contributed by atoms with E-state index in [0.29, 0.717) is 29.6 Å². The van der Waals surface area contributed by atoms with Crippen molar-refractivity contribution in [1.29, 1.82) is 0 Å². The van der Waals surface area contributed by atoms with Gasteiger partial charge in [0.25, 0.3) is 0 Å². The molecule has 2 aromatic rings. The maximum Gasteiger partial charge on any atom is 0.0164 e. The molecule has 0 heterocycles. The summed E-state index contributed by atoms with van der Waals surface area (Å²) in [6.07, 6.45) is 7.21. The molecule has 2 aliphatic carbocycles. The molecule has 0 aromatic heterocycles. The van der Waals surface area contributed by atoms with Crippen LogP contribution in [0.2, 0.25) is 0 Å². The highest BCUT2D eigenvalue weighted by Gasteiger charge is 2.32. The molecule has 2 aliphatic rings. The molecule has 36 heavy (non-hydrogen) atoms. The Morgan fingerprint density at radius 2 is 1.06 bits per heavy atom. The number of hydrogen-bond acceptors (Lipinski definition) is 0. The smallest absolute Gasteiger partial charge is 0.0164 e. The maximum atomic E-state index is 2.50. The van der Waals surface area contributed by atoms with Gasteiger partial charge in [-0.15, -0.1) is 0 Å². The molecule has 0 N–H and O–H groups in total. The molecule has 0 bridgehead atoms. The zero-order valence-electron chi connectivity index (χ0n) is 24.8. The number of fused-ring (bicyclic) bond motifs is 2. The van der Waals surface area contributed by atoms with Crippen LogP contribution in [0.1, 0.15) is 157 Å². The van der Waals surface area contributed by atoms with Crippen molar-refractivity contribution in [3.05, 3.63) is 92.8 Å². The first-order valence-electron chi connectivity index (χ1n) is 14.4. The molecular weight excluding hydrogens is 432 g/mol. The molecular formula is C36H48. The van der Waals surface area contributed by atoms with E-state index in [2.05, 4.69) is 113 Å². The van der Waals surface area contributed by atoms with Crippen molar-refractivity contribution >= 4 is 11.1 Å². The van der Waals surface area contributed by atoms with Gasteiger partial charge in [-0.25, -0.2) is 0 Å². The zero-order chi connectivity index (χ0) is 26.5. The van der Waals surface area contributed by atoms with E-state index in [0.717, 1.165) is 12.8 Å². The lowest BCUT2D eigenvalue weighted by Gasteiger charge is -2.26. The van der Waals surface area contributed by atoms with Crippen molar-refractivity contribution < 1.29 is 0 Å². The second-order valence-electron chi connectivity index (χ2n) is 12.6. The third-order valence-electron chi connectivity index (χ3n) is 8.59. The number of hydrogen-bond donors (Lipinski definition) is 0. The van der Waals surface area contributed by atoms with E-state index in [1.54, 1.807) is 16.7 Å². The highest BCUT2D eigenvalue weighted by molar-refractivity contribution is 5.88. The summed E-state index contributed by atoms with van der Waals surface area (Å²) in [5.74, 6) is 2.68. The highest BCUT2D eigenvalue weighted by atomic mass is 14.4. The minimum atomic E-state index is 0.521. The van der Waals surface area contributed by atoms with Gasteiger partial charge in [-0.2, -0.15) is 0 Å². The zero-order valence-corrected chi connectivity index (χ0v) is 24.8. The summed E-state index contributed by atoms with van der Waals surface area (Å²) in [7, 11) is 0. The predicted molar refractivity (Wildman–Crippen MR) is 160 cm³/mol. The molecule has 1 atom stereocenters. The molecule has 2 aromatic carbocycles. The van der Waals surface area contributed by atoms with Crippen molar-refractivity contribution in [3.63, 3.8) is 0 Å². The average Bonchev–Trinajstić information content (AvgIpc) is 3.30. The Hall–Kier alpha value is -2.08. The lowest BCUT2D eigenvalue weighted by molar-refractivity contribution is 0.660. The predicted octanol–water partition coefficient (Wildman–Crippen LogP) is 11.0. The first-order valence-corrected chi connectivity index (χ1v) is 14.4. The largest absolute Gasteiger partial charge is 0.0648 e. The molecule has 0 aliphatic heterocycles. The quantitative estimate of drug-likeness (QED) is 0.352. The molecule has 0 amide bonds. The molecule has 0 nitrogen and oxygen atoms in total. The van der Waals surface area contributed by atoms with Crippen molar-refractivity contribution in [3.8, 4) is 0 Å². The minimum absolute atomic E-state index is 0.521. The summed E-state index contributed by atoms with van der Waals surface area (Å²) >= 11 is 0. The van der Waals surface area contributed by atoms with E-state index >= 15 is 0 Å². The van der Waals surface area contributed by atoms with Crippen molar-refractivity contribution in [2.75, 3.05) is 0 Å². The topological polar surface area (TPSA) is 0 Å². The van der Waals surface area contributed by atoms with Gasteiger partial charge < -0.3 is 0 Å². The second-order valence-corrected chi connectivity index (χ2v) is 12.6. The van der Waals surface area contributed by atoms with E-state index < -0.39 is 0 Å². The van der Waals surface area contributed by atoms with Gasteiger partial charge in [0.1, 0.15) is 0 Å². The van der Waals surface area contributed by atoms with Crippen LogP contribution in [0.5, 0.6) is 0 Å². The molecule has 2 radical (unpaired) electrons. The Morgan fingerprint density at radius 1 is 0.583 bits per heavy atom. The van der Waals surface area contributed by atoms with Crippen LogP contribution in [-0.4, -0.2) is 0 Å². The number of allylic oxidation sites excluding steroid dienone is 4. The van der Waals surface area contributed by atoms with Crippen LogP contribution in [0.3, 0.4) is 0 Å². The monoisotopic (exact) mass is 480 g/mol. The summed E-state index contributed by atoms with van der Waals surface area (Å²) in [6, 6.07) is 9.91. The van der Waals surface area contributed by atoms with Gasteiger partial charge in [-0.3, -0.25) is 0 Å². The highest BCUT2D eigenvalue weighted by Crippen LogP contribution is 2.50. The molecule has 0 spiro atoms. The second kappa shape index (κ2) is 10.4. The van der Waals surface area contributed by atoms with Crippen LogP contribution in [-0.2, 0) is 0 Å². The Labute approximate surface area is 222 Å². The van der Waals surface area contributed by atoms with Gasteiger partial charge in [-0.05, 0) is 112 Å². The van der Waals surface area contributed by atoms with Gasteiger partial charge in [0.2, 0.25) is 0 Å². The molecule has 4 rings (SSSR count). The summed E-state index contributed by atoms with van der Waals surface area (Å²) in [6.45, 7) is 25.8. The van der Waals surface area contributed by atoms with E-state index in [9.17, 15) is 0 Å². The maximum absolute atomic E-state index is 2.50. The fourth-order valence-electron chi connectivity index (χ4n) is 6.40. The van der Waals surface area contributed by atoms with Crippen molar-refractivity contribution in [2.45, 2.75) is 113 Å². The van der Waals surface area contributed by atoms with E-state index in [-0.39, 0.29) is 0 Å². The normalized spacial score (nSPS) is 16.3. The van der Waals surface area contributed by atoms with Crippen LogP contribution in [0, 0.1) is 18.8 Å². The lowest BCUT2D eigenvalue weighted by Crippen LogP contribution is -2.09. The molecule has 1 unspecified atom stereocenters. The summed E-state index contributed by atoms with van der Waals surface area (Å²) < 4.78 is 0. The Kier molecular flexibility index (Phi) is 7.76. The Morgan fingerprint density at radius 3 is 1.53 bits per heavy atom. The minimum Gasteiger partial charge on any atom is -0.0648 e. The van der Waals surface area contributed by atoms with Crippen LogP contribution in [0.15, 0.2) is 35.4 Å².